The fourth-order valence-electron chi connectivity index (χ4n) is 4.61. The van der Waals surface area contributed by atoms with E-state index in [1.165, 1.54) is 5.56 Å². The molecule has 3 aliphatic heterocycles. The summed E-state index contributed by atoms with van der Waals surface area (Å²) in [7, 11) is 1.68. The number of benzene rings is 2. The number of carbonyl (C=O) groups is 1. The van der Waals surface area contributed by atoms with E-state index in [0.29, 0.717) is 6.42 Å². The Morgan fingerprint density at radius 1 is 1.07 bits per heavy atom. The van der Waals surface area contributed by atoms with E-state index in [0.717, 1.165) is 55.5 Å². The molecule has 146 valence electrons. The summed E-state index contributed by atoms with van der Waals surface area (Å²) in [6.45, 7) is 3.89. The smallest absolute Gasteiger partial charge is 0.231 e. The number of ether oxygens (including phenoxy) is 3. The summed E-state index contributed by atoms with van der Waals surface area (Å²) in [6.07, 6.45) is 1.66. The van der Waals surface area contributed by atoms with Crippen molar-refractivity contribution >= 4 is 11.6 Å². The van der Waals surface area contributed by atoms with Gasteiger partial charge in [0.2, 0.25) is 12.7 Å². The Morgan fingerprint density at radius 2 is 1.89 bits per heavy atom. The molecule has 0 radical (unpaired) electrons. The first-order valence-electron chi connectivity index (χ1n) is 9.69. The Morgan fingerprint density at radius 3 is 2.71 bits per heavy atom. The average molecular weight is 380 g/mol. The van der Waals surface area contributed by atoms with Gasteiger partial charge in [-0.15, -0.1) is 0 Å². The molecule has 6 heteroatoms. The van der Waals surface area contributed by atoms with Gasteiger partial charge in [0.25, 0.3) is 0 Å². The molecule has 6 nitrogen and oxygen atoms in total. The van der Waals surface area contributed by atoms with Crippen LogP contribution in [0.25, 0.3) is 0 Å². The third kappa shape index (κ3) is 3.07. The van der Waals surface area contributed by atoms with Crippen molar-refractivity contribution in [3.05, 3.63) is 48.0 Å². The van der Waals surface area contributed by atoms with Gasteiger partial charge < -0.3 is 19.1 Å². The predicted octanol–water partition coefficient (Wildman–Crippen LogP) is 3.05. The van der Waals surface area contributed by atoms with Crippen LogP contribution in [0.1, 0.15) is 18.4 Å². The van der Waals surface area contributed by atoms with E-state index in [-0.39, 0.29) is 18.1 Å². The molecule has 0 bridgehead atoms. The number of methoxy groups -OCH3 is 1. The minimum Gasteiger partial charge on any atom is -0.497 e. The third-order valence-electron chi connectivity index (χ3n) is 6.07. The first-order chi connectivity index (χ1) is 13.6. The van der Waals surface area contributed by atoms with Crippen molar-refractivity contribution in [3.63, 3.8) is 0 Å². The Bertz CT molecular complexity index is 898. The molecule has 28 heavy (non-hydrogen) atoms. The van der Waals surface area contributed by atoms with Gasteiger partial charge in [0.1, 0.15) is 5.75 Å². The Hall–Kier alpha value is -2.73. The topological polar surface area (TPSA) is 51.2 Å². The fraction of sp³-hybridized carbons (Fsp3) is 0.409. The van der Waals surface area contributed by atoms with Gasteiger partial charge in [-0.05, 0) is 42.8 Å². The molecule has 5 rings (SSSR count). The molecule has 1 atom stereocenters. The lowest BCUT2D eigenvalue weighted by molar-refractivity contribution is -0.117. The second-order valence-corrected chi connectivity index (χ2v) is 8.00. The molecular formula is C22H24N2O4. The van der Waals surface area contributed by atoms with Crippen molar-refractivity contribution in [3.8, 4) is 17.2 Å². The number of nitrogens with zero attached hydrogens (tertiary/aromatic N) is 2. The number of carbonyl (C=O) groups excluding carboxylic acids is 1. The van der Waals surface area contributed by atoms with E-state index in [9.17, 15) is 4.79 Å². The molecule has 2 aromatic rings. The van der Waals surface area contributed by atoms with Crippen LogP contribution in [0, 0.1) is 5.41 Å². The molecule has 0 saturated carbocycles. The molecule has 2 fully saturated rings. The average Bonchev–Trinajstić information content (AvgIpc) is 3.41. The number of hydrogen-bond donors (Lipinski definition) is 0. The Labute approximate surface area is 164 Å². The minimum absolute atomic E-state index is 0.0416. The Balaban J connectivity index is 1.27. The summed E-state index contributed by atoms with van der Waals surface area (Å²) in [6, 6.07) is 14.0. The van der Waals surface area contributed by atoms with Gasteiger partial charge in [-0.3, -0.25) is 9.69 Å². The van der Waals surface area contributed by atoms with Crippen LogP contribution in [0.5, 0.6) is 17.2 Å². The first kappa shape index (κ1) is 17.4. The number of hydrogen-bond acceptors (Lipinski definition) is 5. The van der Waals surface area contributed by atoms with E-state index in [1.54, 1.807) is 7.11 Å². The monoisotopic (exact) mass is 380 g/mol. The molecule has 0 aliphatic carbocycles. The van der Waals surface area contributed by atoms with E-state index >= 15 is 0 Å². The number of likely N-dealkylation sites (tertiary alicyclic amines) is 1. The fourth-order valence-corrected chi connectivity index (χ4v) is 4.61. The lowest BCUT2D eigenvalue weighted by atomic mass is 9.86. The quantitative estimate of drug-likeness (QED) is 0.816. The van der Waals surface area contributed by atoms with Crippen LogP contribution >= 0.6 is 0 Å². The van der Waals surface area contributed by atoms with Crippen molar-refractivity contribution in [2.45, 2.75) is 19.4 Å². The van der Waals surface area contributed by atoms with Crippen molar-refractivity contribution in [1.29, 1.82) is 0 Å². The van der Waals surface area contributed by atoms with Crippen LogP contribution in [0.4, 0.5) is 5.69 Å². The van der Waals surface area contributed by atoms with Crippen LogP contribution in [0.2, 0.25) is 0 Å². The number of fused-ring (bicyclic) bond motifs is 1. The zero-order valence-electron chi connectivity index (χ0n) is 16.0. The molecule has 0 N–H and O–H groups in total. The van der Waals surface area contributed by atoms with Crippen molar-refractivity contribution in [2.75, 3.05) is 38.4 Å². The van der Waals surface area contributed by atoms with E-state index < -0.39 is 0 Å². The third-order valence-corrected chi connectivity index (χ3v) is 6.07. The molecule has 0 aromatic heterocycles. The highest BCUT2D eigenvalue weighted by Gasteiger charge is 2.47. The van der Waals surface area contributed by atoms with Gasteiger partial charge in [-0.2, -0.15) is 0 Å². The zero-order valence-corrected chi connectivity index (χ0v) is 16.0. The predicted molar refractivity (Wildman–Crippen MR) is 105 cm³/mol. The lowest BCUT2D eigenvalue weighted by Gasteiger charge is -2.24. The molecule has 3 aliphatic rings. The number of rotatable bonds is 4. The van der Waals surface area contributed by atoms with Crippen LogP contribution in [0.15, 0.2) is 42.5 Å². The summed E-state index contributed by atoms with van der Waals surface area (Å²) < 4.78 is 16.1. The van der Waals surface area contributed by atoms with Crippen molar-refractivity contribution in [1.82, 2.24) is 4.90 Å². The normalized spacial score (nSPS) is 23.8. The summed E-state index contributed by atoms with van der Waals surface area (Å²) in [5.41, 5.74) is 2.22. The van der Waals surface area contributed by atoms with Gasteiger partial charge in [-0.25, -0.2) is 0 Å². The minimum atomic E-state index is 0.0416. The lowest BCUT2D eigenvalue weighted by Crippen LogP contribution is -2.31. The summed E-state index contributed by atoms with van der Waals surface area (Å²) in [4.78, 5) is 17.2. The van der Waals surface area contributed by atoms with Crippen molar-refractivity contribution < 1.29 is 19.0 Å². The maximum absolute atomic E-state index is 12.8. The van der Waals surface area contributed by atoms with Crippen LogP contribution in [0.3, 0.4) is 0 Å². The summed E-state index contributed by atoms with van der Waals surface area (Å²) in [5.74, 6) is 2.54. The van der Waals surface area contributed by atoms with E-state index in [1.807, 2.05) is 35.2 Å². The molecule has 1 spiro atoms. The maximum Gasteiger partial charge on any atom is 0.231 e. The SMILES string of the molecule is COc1ccc(CN2CC[C@]3(CC(=O)N(c4ccc5c(c4)OCO5)C3)C2)cc1. The van der Waals surface area contributed by atoms with Gasteiger partial charge >= 0.3 is 0 Å². The largest absolute Gasteiger partial charge is 0.497 e. The highest BCUT2D eigenvalue weighted by Crippen LogP contribution is 2.44. The van der Waals surface area contributed by atoms with Crippen LogP contribution < -0.4 is 19.1 Å². The van der Waals surface area contributed by atoms with Crippen LogP contribution in [-0.4, -0.2) is 44.3 Å². The van der Waals surface area contributed by atoms with E-state index in [2.05, 4.69) is 17.0 Å². The second kappa shape index (κ2) is 6.71. The summed E-state index contributed by atoms with van der Waals surface area (Å²) >= 11 is 0. The first-order valence-corrected chi connectivity index (χ1v) is 9.69. The molecule has 0 unspecified atom stereocenters. The van der Waals surface area contributed by atoms with Gasteiger partial charge in [0.05, 0.1) is 7.11 Å². The molecule has 2 saturated heterocycles. The Kier molecular flexibility index (Phi) is 4.16. The maximum atomic E-state index is 12.8. The van der Waals surface area contributed by atoms with Gasteiger partial charge in [-0.1, -0.05) is 12.1 Å². The van der Waals surface area contributed by atoms with E-state index in [4.69, 9.17) is 14.2 Å². The zero-order chi connectivity index (χ0) is 19.1. The van der Waals surface area contributed by atoms with Gasteiger partial charge in [0.15, 0.2) is 11.5 Å². The molecule has 1 amide bonds. The highest BCUT2D eigenvalue weighted by molar-refractivity contribution is 5.96. The highest BCUT2D eigenvalue weighted by atomic mass is 16.7. The molecular weight excluding hydrogens is 356 g/mol. The van der Waals surface area contributed by atoms with Crippen LogP contribution in [-0.2, 0) is 11.3 Å². The van der Waals surface area contributed by atoms with Gasteiger partial charge in [0, 0.05) is 43.2 Å². The number of amides is 1. The molecule has 3 heterocycles. The molecule has 2 aromatic carbocycles. The summed E-state index contributed by atoms with van der Waals surface area (Å²) in [5, 5.41) is 0. The number of anilines is 1. The second-order valence-electron chi connectivity index (χ2n) is 8.00. The standard InChI is InChI=1S/C22H24N2O4/c1-26-18-5-2-16(3-6-18)12-23-9-8-22(13-23)11-21(25)24(14-22)17-4-7-19-20(10-17)28-15-27-19/h2-7,10H,8-9,11-15H2,1H3/t22-/m0/s1. The van der Waals surface area contributed by atoms with Crippen molar-refractivity contribution in [2.24, 2.45) is 5.41 Å².